The molecule has 1 saturated heterocycles. The molecular weight excluding hydrogens is 554 g/mol. The molecule has 8 N–H and O–H groups in total. The van der Waals surface area contributed by atoms with E-state index in [4.69, 9.17) is 16.2 Å². The number of aromatic hydroxyl groups is 1. The minimum Gasteiger partial charge on any atom is -0.510 e. The van der Waals surface area contributed by atoms with Gasteiger partial charge >= 0.3 is 0 Å². The second kappa shape index (κ2) is 10.9. The SMILES string of the molecule is COc1c([C@@H]2CCCN2C2CCCCCCC2)cc(O)c2c1C[C@H]1C[C@H]3[C@H](N)C(O)=C(C(N)=O)C(=O)[C@@]3(O)C(O)=C1C2=O. The van der Waals surface area contributed by atoms with Crippen molar-refractivity contribution >= 4 is 17.5 Å². The number of methoxy groups -OCH3 is 1. The summed E-state index contributed by atoms with van der Waals surface area (Å²) in [6, 6.07) is 0.665. The number of nitrogens with zero attached hydrogens (tertiary/aromatic N) is 1. The van der Waals surface area contributed by atoms with Crippen molar-refractivity contribution in [2.75, 3.05) is 13.7 Å². The van der Waals surface area contributed by atoms with E-state index in [1.807, 2.05) is 0 Å². The number of amides is 1. The Morgan fingerprint density at radius 2 is 1.72 bits per heavy atom. The number of aliphatic hydroxyl groups is 3. The Morgan fingerprint density at radius 1 is 1.05 bits per heavy atom. The van der Waals surface area contributed by atoms with Crippen LogP contribution in [0.2, 0.25) is 0 Å². The molecule has 43 heavy (non-hydrogen) atoms. The van der Waals surface area contributed by atoms with Gasteiger partial charge in [0, 0.05) is 34.7 Å². The van der Waals surface area contributed by atoms with Gasteiger partial charge in [-0.25, -0.2) is 0 Å². The first-order valence-corrected chi connectivity index (χ1v) is 15.4. The van der Waals surface area contributed by atoms with Crippen molar-refractivity contribution in [3.8, 4) is 11.5 Å². The first kappa shape index (κ1) is 29.7. The van der Waals surface area contributed by atoms with Crippen molar-refractivity contribution < 1.29 is 39.5 Å². The number of ether oxygens (including phenoxy) is 1. The molecule has 0 aromatic heterocycles. The van der Waals surface area contributed by atoms with Crippen LogP contribution in [0.1, 0.15) is 91.7 Å². The molecular formula is C32H41N3O8. The quantitative estimate of drug-likeness (QED) is 0.282. The van der Waals surface area contributed by atoms with Crippen molar-refractivity contribution in [3.05, 3.63) is 45.4 Å². The highest BCUT2D eigenvalue weighted by molar-refractivity contribution is 6.24. The molecule has 1 aromatic carbocycles. The number of primary amides is 1. The topological polar surface area (TPSA) is 197 Å². The maximum absolute atomic E-state index is 14.0. The van der Waals surface area contributed by atoms with Crippen LogP contribution in [-0.2, 0) is 16.0 Å². The summed E-state index contributed by atoms with van der Waals surface area (Å²) >= 11 is 0. The number of allylic oxidation sites excluding steroid dienone is 1. The van der Waals surface area contributed by atoms with Gasteiger partial charge in [-0.2, -0.15) is 0 Å². The predicted octanol–water partition coefficient (Wildman–Crippen LogP) is 2.78. The van der Waals surface area contributed by atoms with E-state index in [0.717, 1.165) is 37.8 Å². The van der Waals surface area contributed by atoms with Gasteiger partial charge in [-0.3, -0.25) is 19.3 Å². The molecule has 1 amide bonds. The van der Waals surface area contributed by atoms with Crippen molar-refractivity contribution in [3.63, 3.8) is 0 Å². The number of carbonyl (C=O) groups is 3. The number of phenolic OH excluding ortho intramolecular Hbond substituents is 1. The van der Waals surface area contributed by atoms with Crippen LogP contribution in [0, 0.1) is 11.8 Å². The average molecular weight is 596 g/mol. The average Bonchev–Trinajstić information content (AvgIpc) is 3.42. The van der Waals surface area contributed by atoms with Gasteiger partial charge in [0.25, 0.3) is 5.91 Å². The molecule has 4 aliphatic carbocycles. The number of aliphatic hydroxyl groups excluding tert-OH is 2. The van der Waals surface area contributed by atoms with Crippen LogP contribution in [0.4, 0.5) is 0 Å². The summed E-state index contributed by atoms with van der Waals surface area (Å²) < 4.78 is 5.97. The monoisotopic (exact) mass is 595 g/mol. The Balaban J connectivity index is 1.43. The van der Waals surface area contributed by atoms with E-state index in [-0.39, 0.29) is 35.8 Å². The van der Waals surface area contributed by atoms with Crippen molar-refractivity contribution in [2.45, 2.75) is 94.4 Å². The van der Waals surface area contributed by atoms with Gasteiger partial charge in [0.15, 0.2) is 11.4 Å². The van der Waals surface area contributed by atoms with E-state index in [0.29, 0.717) is 17.4 Å². The first-order valence-electron chi connectivity index (χ1n) is 15.4. The van der Waals surface area contributed by atoms with Gasteiger partial charge in [-0.05, 0) is 57.1 Å². The van der Waals surface area contributed by atoms with E-state index in [9.17, 15) is 34.8 Å². The van der Waals surface area contributed by atoms with Crippen LogP contribution < -0.4 is 16.2 Å². The number of rotatable bonds is 4. The zero-order valence-electron chi connectivity index (χ0n) is 24.5. The zero-order chi connectivity index (χ0) is 30.8. The lowest BCUT2D eigenvalue weighted by atomic mass is 9.59. The number of carbonyl (C=O) groups excluding carboxylic acids is 3. The van der Waals surface area contributed by atoms with Crippen LogP contribution in [0.3, 0.4) is 0 Å². The van der Waals surface area contributed by atoms with Crippen molar-refractivity contribution in [1.29, 1.82) is 0 Å². The standard InChI is InChI=1S/C32H41N3O8/c1-43-28-17(20-10-7-11-35(20)16-8-5-3-2-4-6-9-16)14-21(36)23-18(28)12-15-13-19-25(33)27(38)24(31(34)41)30(40)32(19,42)29(39)22(15)26(23)37/h14-16,19-20,25,36,38-39,42H,2-13,33H2,1H3,(H2,34,41)/t15-,19-,20-,25-,32-/m0/s1. The number of nitrogens with two attached hydrogens (primary N) is 2. The Kier molecular flexibility index (Phi) is 7.55. The van der Waals surface area contributed by atoms with Crippen LogP contribution >= 0.6 is 0 Å². The third-order valence-electron chi connectivity index (χ3n) is 10.6. The summed E-state index contributed by atoms with van der Waals surface area (Å²) in [5.41, 5.74) is 8.92. The molecule has 11 nitrogen and oxygen atoms in total. The van der Waals surface area contributed by atoms with E-state index in [1.165, 1.54) is 32.1 Å². The third kappa shape index (κ3) is 4.38. The molecule has 232 valence electrons. The second-order valence-corrected chi connectivity index (χ2v) is 12.8. The predicted molar refractivity (Wildman–Crippen MR) is 156 cm³/mol. The molecule has 0 radical (unpaired) electrons. The van der Waals surface area contributed by atoms with Crippen LogP contribution in [0.15, 0.2) is 28.7 Å². The number of hydrogen-bond acceptors (Lipinski definition) is 10. The number of ketones is 2. The number of fused-ring (bicyclic) bond motifs is 3. The number of likely N-dealkylation sites (tertiary alicyclic amines) is 1. The molecule has 1 aliphatic heterocycles. The van der Waals surface area contributed by atoms with Crippen molar-refractivity contribution in [2.24, 2.45) is 23.3 Å². The van der Waals surface area contributed by atoms with E-state index >= 15 is 0 Å². The molecule has 6 rings (SSSR count). The summed E-state index contributed by atoms with van der Waals surface area (Å²) in [7, 11) is 1.54. The Hall–Kier alpha value is -3.41. The lowest BCUT2D eigenvalue weighted by Gasteiger charge is -2.48. The maximum atomic E-state index is 14.0. The minimum atomic E-state index is -2.73. The normalized spacial score (nSPS) is 32.2. The van der Waals surface area contributed by atoms with Crippen molar-refractivity contribution in [1.82, 2.24) is 4.90 Å². The zero-order valence-corrected chi connectivity index (χ0v) is 24.5. The number of Topliss-reactive ketones (excluding diaryl/α,β-unsaturated/α-hetero) is 2. The fourth-order valence-corrected chi connectivity index (χ4v) is 8.60. The van der Waals surface area contributed by atoms with Gasteiger partial charge in [0.05, 0.1) is 18.7 Å². The lowest BCUT2D eigenvalue weighted by Crippen LogP contribution is -2.63. The molecule has 5 aliphatic rings. The highest BCUT2D eigenvalue weighted by Crippen LogP contribution is 2.54. The summed E-state index contributed by atoms with van der Waals surface area (Å²) in [6.07, 6.45) is 10.5. The van der Waals surface area contributed by atoms with Crippen LogP contribution in [0.25, 0.3) is 0 Å². The molecule has 11 heteroatoms. The fraction of sp³-hybridized carbons (Fsp3) is 0.594. The molecule has 0 unspecified atom stereocenters. The number of hydrogen-bond donors (Lipinski definition) is 6. The summed E-state index contributed by atoms with van der Waals surface area (Å²) in [6.45, 7) is 0.954. The molecule has 0 spiro atoms. The lowest BCUT2D eigenvalue weighted by molar-refractivity contribution is -0.145. The Bertz CT molecular complexity index is 1440. The smallest absolute Gasteiger partial charge is 0.255 e. The van der Waals surface area contributed by atoms with Gasteiger partial charge < -0.3 is 36.6 Å². The highest BCUT2D eigenvalue weighted by atomic mass is 16.5. The minimum absolute atomic E-state index is 0.0196. The Morgan fingerprint density at radius 3 is 2.37 bits per heavy atom. The molecule has 1 aromatic rings. The second-order valence-electron chi connectivity index (χ2n) is 12.8. The number of phenols is 1. The fourth-order valence-electron chi connectivity index (χ4n) is 8.60. The molecule has 2 fully saturated rings. The summed E-state index contributed by atoms with van der Waals surface area (Å²) in [4.78, 5) is 41.8. The van der Waals surface area contributed by atoms with Gasteiger partial charge in [0.2, 0.25) is 5.78 Å². The van der Waals surface area contributed by atoms with Crippen LogP contribution in [-0.4, -0.2) is 74.1 Å². The largest absolute Gasteiger partial charge is 0.510 e. The van der Waals surface area contributed by atoms with E-state index < -0.39 is 58.0 Å². The van der Waals surface area contributed by atoms with E-state index in [1.54, 1.807) is 13.2 Å². The van der Waals surface area contributed by atoms with Gasteiger partial charge in [0.1, 0.15) is 28.6 Å². The van der Waals surface area contributed by atoms with Gasteiger partial charge in [-0.1, -0.05) is 32.1 Å². The third-order valence-corrected chi connectivity index (χ3v) is 10.6. The first-order chi connectivity index (χ1) is 20.5. The number of benzene rings is 1. The Labute approximate surface area is 250 Å². The summed E-state index contributed by atoms with van der Waals surface area (Å²) in [5, 5.41) is 44.8. The summed E-state index contributed by atoms with van der Waals surface area (Å²) in [5.74, 6) is -6.68. The molecule has 5 atom stereocenters. The van der Waals surface area contributed by atoms with Gasteiger partial charge in [-0.15, -0.1) is 0 Å². The maximum Gasteiger partial charge on any atom is 0.255 e. The molecule has 1 heterocycles. The molecule has 1 saturated carbocycles. The molecule has 0 bridgehead atoms. The van der Waals surface area contributed by atoms with Crippen LogP contribution in [0.5, 0.6) is 11.5 Å². The van der Waals surface area contributed by atoms with E-state index in [2.05, 4.69) is 4.90 Å². The highest BCUT2D eigenvalue weighted by Gasteiger charge is 2.62.